The molecule has 0 fully saturated rings. The van der Waals surface area contributed by atoms with Crippen LogP contribution in [0.2, 0.25) is 0 Å². The summed E-state index contributed by atoms with van der Waals surface area (Å²) in [6, 6.07) is 8.32. The van der Waals surface area contributed by atoms with E-state index in [1.54, 1.807) is 11.3 Å². The second kappa shape index (κ2) is 3.32. The Morgan fingerprint density at radius 2 is 2.15 bits per heavy atom. The predicted molar refractivity (Wildman–Crippen MR) is 59.9 cm³/mol. The number of rotatable bonds is 2. The minimum Gasteiger partial charge on any atom is -0.326 e. The maximum Gasteiger partial charge on any atom is 0.0349 e. The molecule has 2 heteroatoms. The van der Waals surface area contributed by atoms with Crippen molar-refractivity contribution in [2.24, 2.45) is 5.73 Å². The molecule has 0 bridgehead atoms. The molecule has 0 aliphatic carbocycles. The molecule has 2 N–H and O–H groups in total. The van der Waals surface area contributed by atoms with Gasteiger partial charge in [0, 0.05) is 11.2 Å². The fraction of sp³-hybridized carbons (Fsp3) is 0.0909. The molecule has 66 valence electrons. The molecule has 13 heavy (non-hydrogen) atoms. The van der Waals surface area contributed by atoms with Crippen molar-refractivity contribution in [2.75, 3.05) is 6.54 Å². The quantitative estimate of drug-likeness (QED) is 0.772. The Morgan fingerprint density at radius 3 is 2.92 bits per heavy atom. The van der Waals surface area contributed by atoms with Gasteiger partial charge < -0.3 is 5.73 Å². The molecule has 2 aromatic rings. The van der Waals surface area contributed by atoms with Crippen LogP contribution in [-0.4, -0.2) is 6.54 Å². The van der Waals surface area contributed by atoms with Crippen LogP contribution in [0.1, 0.15) is 5.56 Å². The van der Waals surface area contributed by atoms with Crippen LogP contribution in [0.3, 0.4) is 0 Å². The lowest BCUT2D eigenvalue weighted by Crippen LogP contribution is -1.99. The van der Waals surface area contributed by atoms with Gasteiger partial charge in [0.05, 0.1) is 0 Å². The summed E-state index contributed by atoms with van der Waals surface area (Å²) in [4.78, 5) is 0. The van der Waals surface area contributed by atoms with Crippen molar-refractivity contribution in [3.8, 4) is 0 Å². The minimum absolute atomic E-state index is 0.528. The normalized spacial score (nSPS) is 10.5. The Hall–Kier alpha value is -1.12. The third-order valence-electron chi connectivity index (χ3n) is 2.11. The monoisotopic (exact) mass is 189 g/mol. The fourth-order valence-electron chi connectivity index (χ4n) is 1.36. The topological polar surface area (TPSA) is 26.0 Å². The molecule has 2 rings (SSSR count). The van der Waals surface area contributed by atoms with Gasteiger partial charge in [-0.1, -0.05) is 24.8 Å². The van der Waals surface area contributed by atoms with Gasteiger partial charge in [-0.15, -0.1) is 11.3 Å². The van der Waals surface area contributed by atoms with Gasteiger partial charge in [0.2, 0.25) is 0 Å². The van der Waals surface area contributed by atoms with E-state index in [4.69, 9.17) is 5.73 Å². The van der Waals surface area contributed by atoms with Gasteiger partial charge in [0.15, 0.2) is 0 Å². The Labute approximate surface area is 81.5 Å². The molecule has 0 atom stereocenters. The summed E-state index contributed by atoms with van der Waals surface area (Å²) in [7, 11) is 0. The lowest BCUT2D eigenvalue weighted by Gasteiger charge is -1.99. The van der Waals surface area contributed by atoms with E-state index < -0.39 is 0 Å². The van der Waals surface area contributed by atoms with Crippen molar-refractivity contribution in [1.82, 2.24) is 0 Å². The van der Waals surface area contributed by atoms with Gasteiger partial charge in [-0.05, 0) is 28.0 Å². The van der Waals surface area contributed by atoms with Crippen LogP contribution in [0.15, 0.2) is 36.2 Å². The summed E-state index contributed by atoms with van der Waals surface area (Å²) in [6.07, 6.45) is 0. The maximum atomic E-state index is 5.56. The average molecular weight is 189 g/mol. The highest BCUT2D eigenvalue weighted by atomic mass is 32.1. The van der Waals surface area contributed by atoms with Gasteiger partial charge in [-0.25, -0.2) is 0 Å². The first kappa shape index (κ1) is 8.48. The second-order valence-electron chi connectivity index (χ2n) is 2.95. The maximum absolute atomic E-state index is 5.56. The molecular formula is C11H11NS. The number of nitrogens with two attached hydrogens (primary N) is 1. The SMILES string of the molecule is C=C(CN)c1csc2ccccc12. The van der Waals surface area contributed by atoms with Crippen molar-refractivity contribution in [2.45, 2.75) is 0 Å². The lowest BCUT2D eigenvalue weighted by atomic mass is 10.1. The highest BCUT2D eigenvalue weighted by molar-refractivity contribution is 7.17. The van der Waals surface area contributed by atoms with Crippen molar-refractivity contribution < 1.29 is 0 Å². The number of hydrogen-bond donors (Lipinski definition) is 1. The van der Waals surface area contributed by atoms with Crippen LogP contribution in [0.5, 0.6) is 0 Å². The summed E-state index contributed by atoms with van der Waals surface area (Å²) < 4.78 is 1.30. The highest BCUT2D eigenvalue weighted by Crippen LogP contribution is 2.29. The number of benzene rings is 1. The van der Waals surface area contributed by atoms with E-state index in [-0.39, 0.29) is 0 Å². The van der Waals surface area contributed by atoms with Gasteiger partial charge in [0.1, 0.15) is 0 Å². The Morgan fingerprint density at radius 1 is 1.38 bits per heavy atom. The first-order chi connectivity index (χ1) is 6.33. The molecule has 0 unspecified atom stereocenters. The van der Waals surface area contributed by atoms with Crippen LogP contribution >= 0.6 is 11.3 Å². The predicted octanol–water partition coefficient (Wildman–Crippen LogP) is 2.87. The van der Waals surface area contributed by atoms with E-state index >= 15 is 0 Å². The Bertz CT molecular complexity index is 442. The molecule has 0 saturated carbocycles. The number of hydrogen-bond acceptors (Lipinski definition) is 2. The first-order valence-electron chi connectivity index (χ1n) is 4.17. The van der Waals surface area contributed by atoms with E-state index in [9.17, 15) is 0 Å². The van der Waals surface area contributed by atoms with Gasteiger partial charge in [-0.2, -0.15) is 0 Å². The van der Waals surface area contributed by atoms with Crippen LogP contribution in [0, 0.1) is 0 Å². The molecule has 0 amide bonds. The average Bonchev–Trinajstić information content (AvgIpc) is 2.60. The molecular weight excluding hydrogens is 178 g/mol. The van der Waals surface area contributed by atoms with Crippen LogP contribution in [-0.2, 0) is 0 Å². The summed E-state index contributed by atoms with van der Waals surface area (Å²) in [5, 5.41) is 3.39. The molecule has 1 nitrogen and oxygen atoms in total. The lowest BCUT2D eigenvalue weighted by molar-refractivity contribution is 1.28. The van der Waals surface area contributed by atoms with Crippen LogP contribution in [0.25, 0.3) is 15.7 Å². The number of fused-ring (bicyclic) bond motifs is 1. The Balaban J connectivity index is 2.64. The van der Waals surface area contributed by atoms with Gasteiger partial charge in [0.25, 0.3) is 0 Å². The number of thiophene rings is 1. The molecule has 0 saturated heterocycles. The minimum atomic E-state index is 0.528. The van der Waals surface area contributed by atoms with E-state index in [0.717, 1.165) is 5.57 Å². The highest BCUT2D eigenvalue weighted by Gasteiger charge is 2.04. The largest absolute Gasteiger partial charge is 0.326 e. The third-order valence-corrected chi connectivity index (χ3v) is 3.07. The summed E-state index contributed by atoms with van der Waals surface area (Å²) >= 11 is 1.74. The smallest absolute Gasteiger partial charge is 0.0349 e. The zero-order chi connectivity index (χ0) is 9.26. The van der Waals surface area contributed by atoms with Gasteiger partial charge in [-0.3, -0.25) is 0 Å². The van der Waals surface area contributed by atoms with Crippen molar-refractivity contribution in [3.05, 3.63) is 41.8 Å². The third kappa shape index (κ3) is 1.39. The second-order valence-corrected chi connectivity index (χ2v) is 3.86. The van der Waals surface area contributed by atoms with Crippen molar-refractivity contribution >= 4 is 27.0 Å². The van der Waals surface area contributed by atoms with Crippen molar-refractivity contribution in [3.63, 3.8) is 0 Å². The molecule has 1 heterocycles. The van der Waals surface area contributed by atoms with Crippen LogP contribution < -0.4 is 5.73 Å². The zero-order valence-electron chi connectivity index (χ0n) is 7.29. The Kier molecular flexibility index (Phi) is 2.17. The van der Waals surface area contributed by atoms with E-state index in [1.807, 2.05) is 12.1 Å². The van der Waals surface area contributed by atoms with E-state index in [2.05, 4.69) is 24.1 Å². The van der Waals surface area contributed by atoms with Crippen molar-refractivity contribution in [1.29, 1.82) is 0 Å². The zero-order valence-corrected chi connectivity index (χ0v) is 8.10. The molecule has 0 aliphatic rings. The van der Waals surface area contributed by atoms with Gasteiger partial charge >= 0.3 is 0 Å². The summed E-state index contributed by atoms with van der Waals surface area (Å²) in [5.74, 6) is 0. The summed E-state index contributed by atoms with van der Waals surface area (Å²) in [6.45, 7) is 4.48. The standard InChI is InChI=1S/C11H11NS/c1-8(6-12)10-7-13-11-5-3-2-4-9(10)11/h2-5,7H,1,6,12H2. The molecule has 1 aromatic heterocycles. The molecule has 0 aliphatic heterocycles. The van der Waals surface area contributed by atoms with E-state index in [1.165, 1.54) is 15.6 Å². The summed E-state index contributed by atoms with van der Waals surface area (Å²) in [5.41, 5.74) is 7.77. The fourth-order valence-corrected chi connectivity index (χ4v) is 2.36. The molecule has 0 spiro atoms. The molecule has 0 radical (unpaired) electrons. The van der Waals surface area contributed by atoms with Crippen LogP contribution in [0.4, 0.5) is 0 Å². The first-order valence-corrected chi connectivity index (χ1v) is 5.05. The molecule has 1 aromatic carbocycles. The van der Waals surface area contributed by atoms with E-state index in [0.29, 0.717) is 6.54 Å².